The standard InChI is InChI=1S/C11H14F3N3/c1-7(15)3-2-4-8-5-9(11(12,13)14)10(16)17-6-8/h2,4-7H,3,15H2,1H3,(H2,16,17)/b4-2+/t7-/m0/s1. The SMILES string of the molecule is C[C@H](N)C/C=C/c1cnc(N)c(C(F)(F)F)c1. The highest BCUT2D eigenvalue weighted by Crippen LogP contribution is 2.33. The number of aromatic nitrogens is 1. The third-order valence-electron chi connectivity index (χ3n) is 2.06. The lowest BCUT2D eigenvalue weighted by Gasteiger charge is -2.09. The third kappa shape index (κ3) is 4.07. The van der Waals surface area contributed by atoms with Crippen LogP contribution in [0.3, 0.4) is 0 Å². The fraction of sp³-hybridized carbons (Fsp3) is 0.364. The lowest BCUT2D eigenvalue weighted by molar-refractivity contribution is -0.137. The summed E-state index contributed by atoms with van der Waals surface area (Å²) in [5, 5.41) is 0. The molecule has 0 bridgehead atoms. The lowest BCUT2D eigenvalue weighted by atomic mass is 10.1. The summed E-state index contributed by atoms with van der Waals surface area (Å²) >= 11 is 0. The van der Waals surface area contributed by atoms with Crippen LogP contribution in [0.1, 0.15) is 24.5 Å². The van der Waals surface area contributed by atoms with Crippen LogP contribution in [-0.2, 0) is 6.18 Å². The molecule has 1 rings (SSSR count). The smallest absolute Gasteiger partial charge is 0.383 e. The van der Waals surface area contributed by atoms with Gasteiger partial charge in [0.05, 0.1) is 5.56 Å². The molecule has 0 aliphatic carbocycles. The van der Waals surface area contributed by atoms with Gasteiger partial charge in [-0.05, 0) is 25.0 Å². The summed E-state index contributed by atoms with van der Waals surface area (Å²) in [6, 6.07) is 0.940. The van der Waals surface area contributed by atoms with Crippen molar-refractivity contribution in [3.63, 3.8) is 0 Å². The van der Waals surface area contributed by atoms with E-state index in [-0.39, 0.29) is 6.04 Å². The Morgan fingerprint density at radius 1 is 1.47 bits per heavy atom. The van der Waals surface area contributed by atoms with Gasteiger partial charge in [0.15, 0.2) is 0 Å². The molecular formula is C11H14F3N3. The van der Waals surface area contributed by atoms with E-state index < -0.39 is 17.6 Å². The maximum absolute atomic E-state index is 12.5. The molecule has 1 heterocycles. The van der Waals surface area contributed by atoms with Crippen molar-refractivity contribution in [2.24, 2.45) is 5.73 Å². The number of rotatable bonds is 3. The Kier molecular flexibility index (Phi) is 4.11. The van der Waals surface area contributed by atoms with Gasteiger partial charge < -0.3 is 11.5 Å². The normalized spacial score (nSPS) is 14.2. The molecule has 0 aromatic carbocycles. The van der Waals surface area contributed by atoms with E-state index in [4.69, 9.17) is 11.5 Å². The summed E-state index contributed by atoms with van der Waals surface area (Å²) in [6.45, 7) is 1.81. The fourth-order valence-corrected chi connectivity index (χ4v) is 1.23. The van der Waals surface area contributed by atoms with Crippen molar-refractivity contribution in [3.05, 3.63) is 29.5 Å². The van der Waals surface area contributed by atoms with Crippen molar-refractivity contribution < 1.29 is 13.2 Å². The van der Waals surface area contributed by atoms with Crippen LogP contribution < -0.4 is 11.5 Å². The van der Waals surface area contributed by atoms with Crippen LogP contribution in [0, 0.1) is 0 Å². The molecule has 0 aliphatic heterocycles. The Balaban J connectivity index is 2.93. The quantitative estimate of drug-likeness (QED) is 0.859. The highest BCUT2D eigenvalue weighted by Gasteiger charge is 2.33. The molecule has 17 heavy (non-hydrogen) atoms. The molecular weight excluding hydrogens is 231 g/mol. The van der Waals surface area contributed by atoms with Crippen LogP contribution in [0.5, 0.6) is 0 Å². The van der Waals surface area contributed by atoms with Crippen LogP contribution in [0.4, 0.5) is 19.0 Å². The molecule has 6 heteroatoms. The molecule has 0 amide bonds. The molecule has 94 valence electrons. The van der Waals surface area contributed by atoms with Gasteiger partial charge in [0.1, 0.15) is 5.82 Å². The Bertz CT molecular complexity index is 411. The molecule has 0 aliphatic rings. The van der Waals surface area contributed by atoms with Crippen molar-refractivity contribution in [2.45, 2.75) is 25.6 Å². The minimum absolute atomic E-state index is 0.0323. The van der Waals surface area contributed by atoms with E-state index in [9.17, 15) is 13.2 Å². The minimum Gasteiger partial charge on any atom is -0.383 e. The molecule has 0 spiro atoms. The van der Waals surface area contributed by atoms with E-state index in [0.717, 1.165) is 6.07 Å². The van der Waals surface area contributed by atoms with Crippen molar-refractivity contribution in [1.82, 2.24) is 4.98 Å². The first-order chi connectivity index (χ1) is 7.80. The number of nitrogens with zero attached hydrogens (tertiary/aromatic N) is 1. The monoisotopic (exact) mass is 245 g/mol. The molecule has 4 N–H and O–H groups in total. The maximum atomic E-state index is 12.5. The van der Waals surface area contributed by atoms with E-state index in [1.165, 1.54) is 6.20 Å². The van der Waals surface area contributed by atoms with E-state index >= 15 is 0 Å². The van der Waals surface area contributed by atoms with Gasteiger partial charge in [0.25, 0.3) is 0 Å². The molecule has 1 atom stereocenters. The number of nitrogen functional groups attached to an aromatic ring is 1. The van der Waals surface area contributed by atoms with Crippen LogP contribution >= 0.6 is 0 Å². The molecule has 0 saturated carbocycles. The first-order valence-corrected chi connectivity index (χ1v) is 5.05. The Morgan fingerprint density at radius 2 is 2.12 bits per heavy atom. The zero-order valence-electron chi connectivity index (χ0n) is 9.33. The van der Waals surface area contributed by atoms with Gasteiger partial charge in [0.2, 0.25) is 0 Å². The van der Waals surface area contributed by atoms with E-state index in [2.05, 4.69) is 4.98 Å². The Morgan fingerprint density at radius 3 is 2.65 bits per heavy atom. The first kappa shape index (κ1) is 13.5. The summed E-state index contributed by atoms with van der Waals surface area (Å²) in [7, 11) is 0. The summed E-state index contributed by atoms with van der Waals surface area (Å²) in [4.78, 5) is 3.52. The molecule has 0 radical (unpaired) electrons. The van der Waals surface area contributed by atoms with Gasteiger partial charge in [0, 0.05) is 12.2 Å². The van der Waals surface area contributed by atoms with Gasteiger partial charge in [-0.3, -0.25) is 0 Å². The average molecular weight is 245 g/mol. The number of alkyl halides is 3. The topological polar surface area (TPSA) is 64.9 Å². The highest BCUT2D eigenvalue weighted by molar-refractivity contribution is 5.54. The van der Waals surface area contributed by atoms with E-state index in [1.54, 1.807) is 12.2 Å². The lowest BCUT2D eigenvalue weighted by Crippen LogP contribution is -2.12. The van der Waals surface area contributed by atoms with Gasteiger partial charge in [-0.25, -0.2) is 4.98 Å². The van der Waals surface area contributed by atoms with Crippen molar-refractivity contribution in [2.75, 3.05) is 5.73 Å². The Labute approximate surface area is 97.3 Å². The molecule has 0 saturated heterocycles. The Hall–Kier alpha value is -1.56. The van der Waals surface area contributed by atoms with Crippen molar-refractivity contribution >= 4 is 11.9 Å². The number of hydrogen-bond donors (Lipinski definition) is 2. The number of pyridine rings is 1. The second-order valence-corrected chi connectivity index (χ2v) is 3.81. The van der Waals surface area contributed by atoms with Gasteiger partial charge >= 0.3 is 6.18 Å². The second-order valence-electron chi connectivity index (χ2n) is 3.81. The first-order valence-electron chi connectivity index (χ1n) is 5.05. The number of halogens is 3. The predicted octanol–water partition coefficient (Wildman–Crippen LogP) is 2.43. The average Bonchev–Trinajstić information content (AvgIpc) is 2.18. The third-order valence-corrected chi connectivity index (χ3v) is 2.06. The molecule has 0 unspecified atom stereocenters. The largest absolute Gasteiger partial charge is 0.419 e. The zero-order chi connectivity index (χ0) is 13.1. The van der Waals surface area contributed by atoms with Crippen LogP contribution in [0.2, 0.25) is 0 Å². The van der Waals surface area contributed by atoms with Gasteiger partial charge in [-0.15, -0.1) is 0 Å². The zero-order valence-corrected chi connectivity index (χ0v) is 9.33. The van der Waals surface area contributed by atoms with Crippen LogP contribution in [0.25, 0.3) is 6.08 Å². The van der Waals surface area contributed by atoms with Crippen LogP contribution in [0.15, 0.2) is 18.3 Å². The molecule has 0 fully saturated rings. The van der Waals surface area contributed by atoms with Gasteiger partial charge in [-0.1, -0.05) is 12.2 Å². The number of nitrogens with two attached hydrogens (primary N) is 2. The molecule has 1 aromatic heterocycles. The van der Waals surface area contributed by atoms with E-state index in [0.29, 0.717) is 12.0 Å². The second kappa shape index (κ2) is 5.18. The molecule has 3 nitrogen and oxygen atoms in total. The van der Waals surface area contributed by atoms with Crippen molar-refractivity contribution in [3.8, 4) is 0 Å². The summed E-state index contributed by atoms with van der Waals surface area (Å²) in [6.07, 6.45) is 0.652. The van der Waals surface area contributed by atoms with Crippen molar-refractivity contribution in [1.29, 1.82) is 0 Å². The fourth-order valence-electron chi connectivity index (χ4n) is 1.23. The summed E-state index contributed by atoms with van der Waals surface area (Å²) in [5.41, 5.74) is 10.1. The van der Waals surface area contributed by atoms with Crippen LogP contribution in [-0.4, -0.2) is 11.0 Å². The summed E-state index contributed by atoms with van der Waals surface area (Å²) in [5.74, 6) is -0.512. The molecule has 1 aromatic rings. The highest BCUT2D eigenvalue weighted by atomic mass is 19.4. The van der Waals surface area contributed by atoms with E-state index in [1.807, 2.05) is 6.92 Å². The number of anilines is 1. The summed E-state index contributed by atoms with van der Waals surface area (Å²) < 4.78 is 37.5. The van der Waals surface area contributed by atoms with Gasteiger partial charge in [-0.2, -0.15) is 13.2 Å². The maximum Gasteiger partial charge on any atom is 0.419 e. The minimum atomic E-state index is -4.48. The predicted molar refractivity (Wildman–Crippen MR) is 61.0 cm³/mol. The number of hydrogen-bond acceptors (Lipinski definition) is 3.